The van der Waals surface area contributed by atoms with Gasteiger partial charge in [-0.15, -0.1) is 0 Å². The van der Waals surface area contributed by atoms with Gasteiger partial charge in [-0.1, -0.05) is 20.8 Å². The number of ketones is 1. The van der Waals surface area contributed by atoms with Gasteiger partial charge in [0.05, 0.1) is 0 Å². The topological polar surface area (TPSA) is 58.6 Å². The predicted molar refractivity (Wildman–Crippen MR) is 104 cm³/mol. The minimum atomic E-state index is -0.298. The first-order valence-electron chi connectivity index (χ1n) is 9.79. The molecule has 0 radical (unpaired) electrons. The average molecular weight is 483 g/mol. The van der Waals surface area contributed by atoms with Crippen molar-refractivity contribution in [3.8, 4) is 0 Å². The molecule has 0 aliphatic carbocycles. The Morgan fingerprint density at radius 1 is 1.19 bits per heavy atom. The fourth-order valence-electron chi connectivity index (χ4n) is 2.90. The second-order valence-electron chi connectivity index (χ2n) is 7.80. The normalized spacial score (nSPS) is 14.5. The van der Waals surface area contributed by atoms with E-state index in [9.17, 15) is 9.59 Å². The van der Waals surface area contributed by atoms with Crippen molar-refractivity contribution in [2.45, 2.75) is 91.8 Å². The Morgan fingerprint density at radius 3 is 2.27 bits per heavy atom. The monoisotopic (exact) mass is 483 g/mol. The van der Waals surface area contributed by atoms with Crippen LogP contribution in [0.1, 0.15) is 74.1 Å². The van der Waals surface area contributed by atoms with E-state index in [0.29, 0.717) is 32.4 Å². The number of carbonyl (C=O) groups excluding carboxylic acids is 2. The van der Waals surface area contributed by atoms with Gasteiger partial charge in [0, 0.05) is 5.92 Å². The molecule has 0 spiro atoms. The number of nitrogens with zero attached hydrogens (tertiary/aromatic N) is 1. The number of likely N-dealkylation sites (N-methyl/N-ethyl adjacent to an activating group) is 1. The van der Waals surface area contributed by atoms with Crippen LogP contribution >= 0.6 is 0 Å². The summed E-state index contributed by atoms with van der Waals surface area (Å²) in [5.74, 6) is 0.161. The van der Waals surface area contributed by atoms with Crippen LogP contribution in [0, 0.1) is 5.92 Å². The van der Waals surface area contributed by atoms with Crippen LogP contribution in [0.3, 0.4) is 0 Å². The number of alkyl halides is 1. The molecule has 1 N–H and O–H groups in total. The maximum atomic E-state index is 12.6. The fourth-order valence-corrected chi connectivity index (χ4v) is 4.63. The van der Waals surface area contributed by atoms with Gasteiger partial charge in [0.25, 0.3) is 0 Å². The summed E-state index contributed by atoms with van der Waals surface area (Å²) in [6.07, 6.45) is 2.80. The first-order chi connectivity index (χ1) is 12.1. The molecular formula is C20H40IN2O3-. The van der Waals surface area contributed by atoms with Gasteiger partial charge in [-0.3, -0.25) is 4.79 Å². The number of halogens is 1. The summed E-state index contributed by atoms with van der Waals surface area (Å²) < 4.78 is 9.44. The molecule has 156 valence electrons. The average Bonchev–Trinajstić information content (AvgIpc) is 2.56. The molecule has 0 aromatic carbocycles. The van der Waals surface area contributed by atoms with E-state index in [1.165, 1.54) is 0 Å². The molecule has 0 heterocycles. The van der Waals surface area contributed by atoms with E-state index < -0.39 is 0 Å². The van der Waals surface area contributed by atoms with Gasteiger partial charge in [-0.05, 0) is 0 Å². The second kappa shape index (κ2) is 13.0. The molecule has 0 saturated carbocycles. The molecule has 0 aliphatic heterocycles. The SMILES string of the molecule is CCC(C(=O)C(C)C)N(CC)C(=O)CCC(C)OCCC(C)(C)N[I-]C. The van der Waals surface area contributed by atoms with E-state index in [4.69, 9.17) is 4.74 Å². The third kappa shape index (κ3) is 9.65. The third-order valence-corrected chi connectivity index (χ3v) is 6.57. The van der Waals surface area contributed by atoms with Gasteiger partial charge in [0.15, 0.2) is 0 Å². The molecule has 1 amide bonds. The zero-order valence-electron chi connectivity index (χ0n) is 18.0. The Bertz CT molecular complexity index is 427. The molecule has 0 fully saturated rings. The third-order valence-electron chi connectivity index (χ3n) is 4.57. The Morgan fingerprint density at radius 2 is 1.81 bits per heavy atom. The molecule has 0 bridgehead atoms. The summed E-state index contributed by atoms with van der Waals surface area (Å²) in [5, 5.41) is 0. The second-order valence-corrected chi connectivity index (χ2v) is 9.42. The molecule has 0 saturated heterocycles. The van der Waals surface area contributed by atoms with Crippen molar-refractivity contribution in [3.63, 3.8) is 0 Å². The molecule has 5 nitrogen and oxygen atoms in total. The standard InChI is InChI=1S/C20H40IN2O3/c1-9-17(19(25)15(3)4)23(10-2)18(24)12-11-16(5)26-14-13-20(6,7)22-21-8/h15-17,22H,9-14H2,1-8H3/q-1. The van der Waals surface area contributed by atoms with Crippen LogP contribution in [0.2, 0.25) is 0 Å². The van der Waals surface area contributed by atoms with Crippen molar-refractivity contribution >= 4 is 11.7 Å². The van der Waals surface area contributed by atoms with Crippen molar-refractivity contribution < 1.29 is 35.8 Å². The van der Waals surface area contributed by atoms with Gasteiger partial charge in [-0.2, -0.15) is 0 Å². The number of rotatable bonds is 14. The van der Waals surface area contributed by atoms with Gasteiger partial charge in [-0.25, -0.2) is 0 Å². The molecule has 2 atom stereocenters. The van der Waals surface area contributed by atoms with Crippen molar-refractivity contribution in [1.29, 1.82) is 0 Å². The number of hydrogen-bond donors (Lipinski definition) is 1. The maximum absolute atomic E-state index is 12.6. The van der Waals surface area contributed by atoms with E-state index in [0.717, 1.165) is 6.42 Å². The molecule has 6 heteroatoms. The number of amides is 1. The fraction of sp³-hybridized carbons (Fsp3) is 0.900. The van der Waals surface area contributed by atoms with Gasteiger partial charge in [0.1, 0.15) is 0 Å². The zero-order valence-corrected chi connectivity index (χ0v) is 20.2. The summed E-state index contributed by atoms with van der Waals surface area (Å²) >= 11 is 0.0565. The van der Waals surface area contributed by atoms with Crippen LogP contribution in [0.5, 0.6) is 0 Å². The van der Waals surface area contributed by atoms with Crippen LogP contribution in [0.25, 0.3) is 0 Å². The Labute approximate surface area is 171 Å². The molecule has 0 rings (SSSR count). The number of ether oxygens (including phenoxy) is 1. The van der Waals surface area contributed by atoms with Gasteiger partial charge < -0.3 is 0 Å². The quantitative estimate of drug-likeness (QED) is 0.221. The molecular weight excluding hydrogens is 443 g/mol. The van der Waals surface area contributed by atoms with Crippen molar-refractivity contribution in [2.75, 3.05) is 18.1 Å². The van der Waals surface area contributed by atoms with Crippen LogP contribution in [0.15, 0.2) is 0 Å². The van der Waals surface area contributed by atoms with E-state index in [1.807, 2.05) is 34.6 Å². The number of Topliss-reactive ketones (excluding diaryl/α,β-unsaturated/α-hetero) is 1. The summed E-state index contributed by atoms with van der Waals surface area (Å²) in [5.41, 5.74) is 0.113. The van der Waals surface area contributed by atoms with E-state index in [1.54, 1.807) is 4.90 Å². The molecule has 0 aliphatic rings. The van der Waals surface area contributed by atoms with Crippen LogP contribution in [-0.2, 0) is 14.3 Å². The van der Waals surface area contributed by atoms with E-state index in [-0.39, 0.29) is 56.8 Å². The van der Waals surface area contributed by atoms with Gasteiger partial charge >= 0.3 is 140 Å². The molecule has 0 aromatic rings. The Hall–Kier alpha value is -0.210. The Balaban J connectivity index is 4.45. The van der Waals surface area contributed by atoms with E-state index in [2.05, 4.69) is 22.3 Å². The number of hydrogen-bond acceptors (Lipinski definition) is 4. The summed E-state index contributed by atoms with van der Waals surface area (Å²) in [4.78, 5) is 29.0. The van der Waals surface area contributed by atoms with Crippen molar-refractivity contribution in [2.24, 2.45) is 5.92 Å². The first-order valence-corrected chi connectivity index (χ1v) is 13.0. The summed E-state index contributed by atoms with van der Waals surface area (Å²) in [6, 6.07) is -0.298. The van der Waals surface area contributed by atoms with Crippen LogP contribution < -0.4 is 25.0 Å². The van der Waals surface area contributed by atoms with Crippen LogP contribution in [-0.4, -0.2) is 52.4 Å². The first kappa shape index (κ1) is 25.8. The van der Waals surface area contributed by atoms with Crippen molar-refractivity contribution in [1.82, 2.24) is 8.43 Å². The molecule has 2 unspecified atom stereocenters. The Kier molecular flexibility index (Phi) is 12.9. The van der Waals surface area contributed by atoms with Gasteiger partial charge in [0.2, 0.25) is 0 Å². The zero-order chi connectivity index (χ0) is 20.3. The predicted octanol–water partition coefficient (Wildman–Crippen LogP) is 0.416. The summed E-state index contributed by atoms with van der Waals surface area (Å²) in [7, 11) is 0. The number of carbonyl (C=O) groups is 2. The van der Waals surface area contributed by atoms with Crippen molar-refractivity contribution in [3.05, 3.63) is 0 Å². The van der Waals surface area contributed by atoms with Crippen LogP contribution in [0.4, 0.5) is 0 Å². The summed E-state index contributed by atoms with van der Waals surface area (Å²) in [6.45, 7) is 15.4. The molecule has 0 aromatic heterocycles. The number of nitrogens with one attached hydrogen (secondary N) is 1. The minimum absolute atomic E-state index is 0.0469. The molecule has 26 heavy (non-hydrogen) atoms. The van der Waals surface area contributed by atoms with E-state index >= 15 is 0 Å².